The number of rotatable bonds is 6. The van der Waals surface area contributed by atoms with E-state index >= 15 is 0 Å². The zero-order valence-corrected chi connectivity index (χ0v) is 15.2. The van der Waals surface area contributed by atoms with Gasteiger partial charge in [-0.1, -0.05) is 22.0 Å². The van der Waals surface area contributed by atoms with Crippen molar-refractivity contribution >= 4 is 51.2 Å². The van der Waals surface area contributed by atoms with Gasteiger partial charge in [0, 0.05) is 24.3 Å². The first-order valence-electron chi connectivity index (χ1n) is 6.75. The molecule has 0 saturated carbocycles. The fourth-order valence-electron chi connectivity index (χ4n) is 1.69. The maximum Gasteiger partial charge on any atom is 0.234 e. The zero-order chi connectivity index (χ0) is 16.8. The molecule has 0 unspecified atom stereocenters. The van der Waals surface area contributed by atoms with Gasteiger partial charge in [-0.25, -0.2) is 0 Å². The molecule has 0 saturated heterocycles. The third kappa shape index (κ3) is 5.68. The highest BCUT2D eigenvalue weighted by Crippen LogP contribution is 2.17. The van der Waals surface area contributed by atoms with E-state index in [1.165, 1.54) is 11.8 Å². The summed E-state index contributed by atoms with van der Waals surface area (Å²) >= 11 is 4.78. The van der Waals surface area contributed by atoms with Crippen molar-refractivity contribution in [3.05, 3.63) is 34.6 Å². The van der Waals surface area contributed by atoms with Gasteiger partial charge >= 0.3 is 0 Å². The molecule has 1 aromatic carbocycles. The SMILES string of the molecule is CN(C)c1nc(N)nc(CSCC(=O)Nc2cccc(Br)c2)n1. The summed E-state index contributed by atoms with van der Waals surface area (Å²) in [6.45, 7) is 0. The minimum Gasteiger partial charge on any atom is -0.368 e. The fraction of sp³-hybridized carbons (Fsp3) is 0.286. The molecule has 0 aliphatic rings. The average molecular weight is 397 g/mol. The second-order valence-electron chi connectivity index (χ2n) is 4.86. The summed E-state index contributed by atoms with van der Waals surface area (Å²) in [5.41, 5.74) is 6.42. The van der Waals surface area contributed by atoms with Gasteiger partial charge in [0.25, 0.3) is 0 Å². The van der Waals surface area contributed by atoms with Gasteiger partial charge in [0.15, 0.2) is 0 Å². The van der Waals surface area contributed by atoms with Crippen LogP contribution in [0.2, 0.25) is 0 Å². The third-order valence-corrected chi connectivity index (χ3v) is 4.08. The molecule has 23 heavy (non-hydrogen) atoms. The van der Waals surface area contributed by atoms with Crippen LogP contribution in [-0.4, -0.2) is 40.7 Å². The van der Waals surface area contributed by atoms with Crippen LogP contribution in [0.1, 0.15) is 5.82 Å². The Labute approximate surface area is 147 Å². The van der Waals surface area contributed by atoms with Gasteiger partial charge in [-0.05, 0) is 18.2 Å². The molecule has 1 amide bonds. The molecule has 1 aromatic heterocycles. The number of anilines is 3. The molecule has 9 heteroatoms. The second kappa shape index (κ2) is 8.11. The van der Waals surface area contributed by atoms with E-state index in [9.17, 15) is 4.79 Å². The maximum atomic E-state index is 11.9. The predicted molar refractivity (Wildman–Crippen MR) is 97.5 cm³/mol. The number of halogens is 1. The molecule has 0 aliphatic carbocycles. The summed E-state index contributed by atoms with van der Waals surface area (Å²) < 4.78 is 0.917. The van der Waals surface area contributed by atoms with E-state index in [0.717, 1.165) is 10.2 Å². The van der Waals surface area contributed by atoms with E-state index in [0.29, 0.717) is 23.3 Å². The molecule has 0 bridgehead atoms. The van der Waals surface area contributed by atoms with Crippen molar-refractivity contribution in [2.24, 2.45) is 0 Å². The van der Waals surface area contributed by atoms with Crippen molar-refractivity contribution in [1.29, 1.82) is 0 Å². The van der Waals surface area contributed by atoms with Gasteiger partial charge in [-0.15, -0.1) is 11.8 Å². The number of hydrogen-bond acceptors (Lipinski definition) is 7. The molecular weight excluding hydrogens is 380 g/mol. The highest BCUT2D eigenvalue weighted by Gasteiger charge is 2.08. The van der Waals surface area contributed by atoms with E-state index in [4.69, 9.17) is 5.73 Å². The highest BCUT2D eigenvalue weighted by atomic mass is 79.9. The molecule has 0 spiro atoms. The molecular formula is C14H17BrN6OS. The van der Waals surface area contributed by atoms with Crippen molar-refractivity contribution in [1.82, 2.24) is 15.0 Å². The van der Waals surface area contributed by atoms with Crippen LogP contribution in [-0.2, 0) is 10.5 Å². The quantitative estimate of drug-likeness (QED) is 0.771. The first-order chi connectivity index (χ1) is 10.9. The van der Waals surface area contributed by atoms with Gasteiger partial charge < -0.3 is 16.0 Å². The Morgan fingerprint density at radius 1 is 1.35 bits per heavy atom. The summed E-state index contributed by atoms with van der Waals surface area (Å²) in [5, 5.41) is 2.83. The van der Waals surface area contributed by atoms with E-state index < -0.39 is 0 Å². The minimum absolute atomic E-state index is 0.0806. The van der Waals surface area contributed by atoms with Crippen LogP contribution < -0.4 is 16.0 Å². The van der Waals surface area contributed by atoms with Crippen molar-refractivity contribution < 1.29 is 4.79 Å². The summed E-state index contributed by atoms with van der Waals surface area (Å²) in [7, 11) is 3.66. The first-order valence-corrected chi connectivity index (χ1v) is 8.69. The Morgan fingerprint density at radius 2 is 2.13 bits per heavy atom. The van der Waals surface area contributed by atoms with Crippen LogP contribution in [0.3, 0.4) is 0 Å². The van der Waals surface area contributed by atoms with E-state index in [1.54, 1.807) is 4.90 Å². The maximum absolute atomic E-state index is 11.9. The molecule has 3 N–H and O–H groups in total. The Hall–Kier alpha value is -1.87. The number of thioether (sulfide) groups is 1. The largest absolute Gasteiger partial charge is 0.368 e. The Bertz CT molecular complexity index is 697. The second-order valence-corrected chi connectivity index (χ2v) is 6.76. The summed E-state index contributed by atoms with van der Waals surface area (Å²) in [6.07, 6.45) is 0. The number of nitrogens with zero attached hydrogens (tertiary/aromatic N) is 4. The fourth-order valence-corrected chi connectivity index (χ4v) is 2.76. The van der Waals surface area contributed by atoms with E-state index in [1.807, 2.05) is 38.4 Å². The molecule has 0 atom stereocenters. The van der Waals surface area contributed by atoms with Crippen LogP contribution >= 0.6 is 27.7 Å². The monoisotopic (exact) mass is 396 g/mol. The number of amides is 1. The Balaban J connectivity index is 1.86. The van der Waals surface area contributed by atoms with Gasteiger partial charge in [0.05, 0.1) is 11.5 Å². The lowest BCUT2D eigenvalue weighted by Gasteiger charge is -2.11. The highest BCUT2D eigenvalue weighted by molar-refractivity contribution is 9.10. The smallest absolute Gasteiger partial charge is 0.234 e. The van der Waals surface area contributed by atoms with Gasteiger partial charge in [0.1, 0.15) is 5.82 Å². The van der Waals surface area contributed by atoms with Gasteiger partial charge in [-0.2, -0.15) is 15.0 Å². The van der Waals surface area contributed by atoms with E-state index in [2.05, 4.69) is 36.2 Å². The normalized spacial score (nSPS) is 10.4. The molecule has 0 radical (unpaired) electrons. The van der Waals surface area contributed by atoms with Crippen LogP contribution in [0.4, 0.5) is 17.6 Å². The molecule has 122 valence electrons. The van der Waals surface area contributed by atoms with Crippen molar-refractivity contribution in [2.75, 3.05) is 35.8 Å². The molecule has 2 aromatic rings. The lowest BCUT2D eigenvalue weighted by atomic mass is 10.3. The Morgan fingerprint density at radius 3 is 2.83 bits per heavy atom. The third-order valence-electron chi connectivity index (χ3n) is 2.66. The van der Waals surface area contributed by atoms with Gasteiger partial charge in [-0.3, -0.25) is 4.79 Å². The number of nitrogens with one attached hydrogen (secondary N) is 1. The van der Waals surface area contributed by atoms with E-state index in [-0.39, 0.29) is 11.9 Å². The number of carbonyl (C=O) groups is 1. The number of aromatic nitrogens is 3. The minimum atomic E-state index is -0.0806. The molecule has 1 heterocycles. The number of nitrogen functional groups attached to an aromatic ring is 1. The van der Waals surface area contributed by atoms with Crippen molar-refractivity contribution in [3.8, 4) is 0 Å². The van der Waals surface area contributed by atoms with Crippen molar-refractivity contribution in [2.45, 2.75) is 5.75 Å². The van der Waals surface area contributed by atoms with Crippen molar-refractivity contribution in [3.63, 3.8) is 0 Å². The number of carbonyl (C=O) groups excluding carboxylic acids is 1. The number of nitrogens with two attached hydrogens (primary N) is 1. The summed E-state index contributed by atoms with van der Waals surface area (Å²) in [4.78, 5) is 26.1. The number of hydrogen-bond donors (Lipinski definition) is 2. The van der Waals surface area contributed by atoms with Crippen LogP contribution in [0, 0.1) is 0 Å². The lowest BCUT2D eigenvalue weighted by molar-refractivity contribution is -0.113. The van der Waals surface area contributed by atoms with Crippen LogP contribution in [0.25, 0.3) is 0 Å². The van der Waals surface area contributed by atoms with Crippen LogP contribution in [0.15, 0.2) is 28.7 Å². The zero-order valence-electron chi connectivity index (χ0n) is 12.8. The molecule has 0 aliphatic heterocycles. The molecule has 2 rings (SSSR count). The predicted octanol–water partition coefficient (Wildman–Crippen LogP) is 2.15. The summed E-state index contributed by atoms with van der Waals surface area (Å²) in [6, 6.07) is 7.45. The lowest BCUT2D eigenvalue weighted by Crippen LogP contribution is -2.16. The first kappa shape index (κ1) is 17.5. The number of benzene rings is 1. The summed E-state index contributed by atoms with van der Waals surface area (Å²) in [5.74, 6) is 1.95. The Kier molecular flexibility index (Phi) is 6.17. The average Bonchev–Trinajstić information content (AvgIpc) is 2.46. The topological polar surface area (TPSA) is 97.0 Å². The molecule has 0 fully saturated rings. The molecule has 7 nitrogen and oxygen atoms in total. The van der Waals surface area contributed by atoms with Crippen LogP contribution in [0.5, 0.6) is 0 Å². The van der Waals surface area contributed by atoms with Gasteiger partial charge in [0.2, 0.25) is 17.8 Å². The standard InChI is InChI=1S/C14H17BrN6OS/c1-21(2)14-19-11(18-13(16)20-14)7-23-8-12(22)17-10-5-3-4-9(15)6-10/h3-6H,7-8H2,1-2H3,(H,17,22)(H2,16,18,19,20).